The van der Waals surface area contributed by atoms with Crippen molar-refractivity contribution in [1.29, 1.82) is 0 Å². The zero-order valence-electron chi connectivity index (χ0n) is 9.95. The highest BCUT2D eigenvalue weighted by atomic mass is 79.9. The van der Waals surface area contributed by atoms with E-state index in [1.165, 1.54) is 6.07 Å². The van der Waals surface area contributed by atoms with Gasteiger partial charge in [0.25, 0.3) is 5.91 Å². The predicted molar refractivity (Wildman–Crippen MR) is 80.4 cm³/mol. The van der Waals surface area contributed by atoms with Crippen molar-refractivity contribution in [2.24, 2.45) is 0 Å². The van der Waals surface area contributed by atoms with E-state index in [0.717, 1.165) is 4.47 Å². The van der Waals surface area contributed by atoms with Crippen molar-refractivity contribution >= 4 is 43.5 Å². The van der Waals surface area contributed by atoms with Crippen molar-refractivity contribution in [1.82, 2.24) is 4.98 Å². The van der Waals surface area contributed by atoms with Crippen LogP contribution in [0.2, 0.25) is 0 Å². The van der Waals surface area contributed by atoms with Gasteiger partial charge in [-0.2, -0.15) is 0 Å². The first-order chi connectivity index (χ1) is 8.97. The lowest BCUT2D eigenvalue weighted by atomic mass is 10.2. The Kier molecular flexibility index (Phi) is 4.21. The number of benzene rings is 1. The average Bonchev–Trinajstić information content (AvgIpc) is 2.35. The summed E-state index contributed by atoms with van der Waals surface area (Å²) in [6.07, 6.45) is 0. The fourth-order valence-electron chi connectivity index (χ4n) is 1.54. The maximum absolute atomic E-state index is 12.1. The highest BCUT2D eigenvalue weighted by Crippen LogP contribution is 2.24. The number of nitrogens with zero attached hydrogens (tertiary/aromatic N) is 1. The summed E-state index contributed by atoms with van der Waals surface area (Å²) in [6, 6.07) is 8.18. The molecule has 2 N–H and O–H groups in total. The van der Waals surface area contributed by atoms with E-state index in [-0.39, 0.29) is 17.2 Å². The molecule has 0 saturated heterocycles. The Bertz CT molecular complexity index is 645. The van der Waals surface area contributed by atoms with Crippen LogP contribution >= 0.6 is 31.9 Å². The molecule has 6 heteroatoms. The van der Waals surface area contributed by atoms with Gasteiger partial charge < -0.3 is 10.4 Å². The lowest BCUT2D eigenvalue weighted by Crippen LogP contribution is -2.13. The Morgan fingerprint density at radius 2 is 2.00 bits per heavy atom. The number of anilines is 1. The van der Waals surface area contributed by atoms with Gasteiger partial charge in [-0.15, -0.1) is 0 Å². The van der Waals surface area contributed by atoms with Gasteiger partial charge in [-0.1, -0.05) is 15.9 Å². The molecule has 1 amide bonds. The van der Waals surface area contributed by atoms with Gasteiger partial charge in [-0.05, 0) is 53.2 Å². The summed E-state index contributed by atoms with van der Waals surface area (Å²) in [5.74, 6) is -0.450. The minimum Gasteiger partial charge on any atom is -0.507 e. The van der Waals surface area contributed by atoms with Crippen molar-refractivity contribution in [3.8, 4) is 5.75 Å². The topological polar surface area (TPSA) is 62.2 Å². The van der Waals surface area contributed by atoms with Gasteiger partial charge in [0.15, 0.2) is 0 Å². The van der Waals surface area contributed by atoms with Crippen LogP contribution in [0.15, 0.2) is 39.4 Å². The lowest BCUT2D eigenvalue weighted by Gasteiger charge is -2.09. The van der Waals surface area contributed by atoms with Crippen molar-refractivity contribution in [3.63, 3.8) is 0 Å². The van der Waals surface area contributed by atoms with E-state index in [4.69, 9.17) is 0 Å². The summed E-state index contributed by atoms with van der Waals surface area (Å²) in [4.78, 5) is 16.3. The lowest BCUT2D eigenvalue weighted by molar-refractivity contribution is 0.102. The van der Waals surface area contributed by atoms with Crippen LogP contribution < -0.4 is 5.32 Å². The molecule has 19 heavy (non-hydrogen) atoms. The van der Waals surface area contributed by atoms with Crippen molar-refractivity contribution in [3.05, 3.63) is 50.7 Å². The number of phenols is 1. The van der Waals surface area contributed by atoms with Crippen molar-refractivity contribution < 1.29 is 9.90 Å². The van der Waals surface area contributed by atoms with Crippen LogP contribution in [-0.4, -0.2) is 16.0 Å². The van der Waals surface area contributed by atoms with Crippen molar-refractivity contribution in [2.45, 2.75) is 6.92 Å². The molecule has 0 aliphatic heterocycles. The Hall–Kier alpha value is -1.40. The molecule has 1 heterocycles. The third-order valence-electron chi connectivity index (χ3n) is 2.50. The molecule has 0 bridgehead atoms. The highest BCUT2D eigenvalue weighted by Gasteiger charge is 2.13. The number of aryl methyl sites for hydroxylation is 1. The summed E-state index contributed by atoms with van der Waals surface area (Å²) in [6.45, 7) is 1.79. The number of halogens is 2. The zero-order chi connectivity index (χ0) is 14.0. The predicted octanol–water partition coefficient (Wildman–Crippen LogP) is 3.87. The molecule has 1 aromatic carbocycles. The van der Waals surface area contributed by atoms with Gasteiger partial charge in [0.05, 0.1) is 16.9 Å². The zero-order valence-corrected chi connectivity index (χ0v) is 13.1. The summed E-state index contributed by atoms with van der Waals surface area (Å²) < 4.78 is 1.43. The maximum Gasteiger partial charge on any atom is 0.259 e. The molecule has 0 aliphatic rings. The Labute approximate surface area is 127 Å². The number of pyridine rings is 1. The molecule has 0 aliphatic carbocycles. The number of aromatic nitrogens is 1. The first-order valence-electron chi connectivity index (χ1n) is 5.40. The number of nitrogens with one attached hydrogen (secondary N) is 1. The summed E-state index contributed by atoms with van der Waals surface area (Å²) >= 11 is 6.52. The molecular formula is C13H10Br2N2O2. The van der Waals surface area contributed by atoms with Crippen LogP contribution in [0.5, 0.6) is 5.75 Å². The van der Waals surface area contributed by atoms with Gasteiger partial charge >= 0.3 is 0 Å². The molecule has 0 fully saturated rings. The molecule has 0 spiro atoms. The smallest absolute Gasteiger partial charge is 0.259 e. The Morgan fingerprint density at radius 3 is 2.68 bits per heavy atom. The largest absolute Gasteiger partial charge is 0.507 e. The SMILES string of the molecule is Cc1nc(Br)ccc1NC(=O)c1cc(Br)ccc1O. The minimum absolute atomic E-state index is 0.0663. The maximum atomic E-state index is 12.1. The number of carbonyl (C=O) groups excluding carboxylic acids is 1. The molecule has 2 rings (SSSR count). The third kappa shape index (κ3) is 3.33. The number of hydrogen-bond donors (Lipinski definition) is 2. The van der Waals surface area contributed by atoms with Crippen LogP contribution in [0.4, 0.5) is 5.69 Å². The molecule has 2 aromatic rings. The van der Waals surface area contributed by atoms with Crippen LogP contribution in [0.1, 0.15) is 16.1 Å². The fourth-order valence-corrected chi connectivity index (χ4v) is 2.30. The first-order valence-corrected chi connectivity index (χ1v) is 6.99. The van der Waals surface area contributed by atoms with E-state index < -0.39 is 0 Å². The molecular weight excluding hydrogens is 376 g/mol. The monoisotopic (exact) mass is 384 g/mol. The number of hydrogen-bond acceptors (Lipinski definition) is 3. The van der Waals surface area contributed by atoms with Gasteiger partial charge in [-0.3, -0.25) is 4.79 Å². The van der Waals surface area contributed by atoms with E-state index in [1.54, 1.807) is 31.2 Å². The molecule has 4 nitrogen and oxygen atoms in total. The van der Waals surface area contributed by atoms with Crippen molar-refractivity contribution in [2.75, 3.05) is 5.32 Å². The van der Waals surface area contributed by atoms with Crippen LogP contribution in [-0.2, 0) is 0 Å². The first kappa shape index (κ1) is 14.0. The fraction of sp³-hybridized carbons (Fsp3) is 0.0769. The quantitative estimate of drug-likeness (QED) is 0.771. The van der Waals surface area contributed by atoms with E-state index >= 15 is 0 Å². The average molecular weight is 386 g/mol. The molecule has 1 aromatic heterocycles. The normalized spacial score (nSPS) is 10.3. The number of carbonyl (C=O) groups is 1. The Morgan fingerprint density at radius 1 is 1.26 bits per heavy atom. The third-order valence-corrected chi connectivity index (χ3v) is 3.44. The Balaban J connectivity index is 2.28. The molecule has 98 valence electrons. The summed E-state index contributed by atoms with van der Waals surface area (Å²) in [5, 5.41) is 12.4. The number of phenolic OH excluding ortho intramolecular Hbond substituents is 1. The molecule has 0 unspecified atom stereocenters. The minimum atomic E-state index is -0.383. The standard InChI is InChI=1S/C13H10Br2N2O2/c1-7-10(3-5-12(15)16-7)17-13(19)9-6-8(14)2-4-11(9)18/h2-6,18H,1H3,(H,17,19). The van der Waals surface area contributed by atoms with Gasteiger partial charge in [0.2, 0.25) is 0 Å². The second-order valence-electron chi connectivity index (χ2n) is 3.88. The van der Waals surface area contributed by atoms with E-state index in [9.17, 15) is 9.90 Å². The number of rotatable bonds is 2. The second kappa shape index (κ2) is 5.71. The van der Waals surface area contributed by atoms with E-state index in [0.29, 0.717) is 16.0 Å². The van der Waals surface area contributed by atoms with Gasteiger partial charge in [0.1, 0.15) is 10.4 Å². The van der Waals surface area contributed by atoms with Gasteiger partial charge in [-0.25, -0.2) is 4.98 Å². The highest BCUT2D eigenvalue weighted by molar-refractivity contribution is 9.10. The van der Waals surface area contributed by atoms with E-state index in [2.05, 4.69) is 42.2 Å². The molecule has 0 saturated carbocycles. The number of aromatic hydroxyl groups is 1. The van der Waals surface area contributed by atoms with Crippen LogP contribution in [0, 0.1) is 6.92 Å². The van der Waals surface area contributed by atoms with Gasteiger partial charge in [0, 0.05) is 4.47 Å². The molecule has 0 atom stereocenters. The summed E-state index contributed by atoms with van der Waals surface area (Å²) in [5.41, 5.74) is 1.50. The summed E-state index contributed by atoms with van der Waals surface area (Å²) in [7, 11) is 0. The second-order valence-corrected chi connectivity index (χ2v) is 5.61. The number of amides is 1. The van der Waals surface area contributed by atoms with Crippen LogP contribution in [0.3, 0.4) is 0 Å². The van der Waals surface area contributed by atoms with E-state index in [1.807, 2.05) is 0 Å². The van der Waals surface area contributed by atoms with Crippen LogP contribution in [0.25, 0.3) is 0 Å². The molecule has 0 radical (unpaired) electrons.